The number of hydrogen-bond donors (Lipinski definition) is 0. The number of rotatable bonds is 7. The maximum atomic E-state index is 9.01. The van der Waals surface area contributed by atoms with Gasteiger partial charge in [0.25, 0.3) is 0 Å². The van der Waals surface area contributed by atoms with E-state index in [-0.39, 0.29) is 0 Å². The zero-order valence-corrected chi connectivity index (χ0v) is 15.8. The minimum Gasteiger partial charge on any atom is -0.291 e. The molecule has 0 aromatic heterocycles. The number of unbranched alkanes of at least 4 members (excludes halogenated alkanes) is 3. The Balaban J connectivity index is 1.71. The minimum atomic E-state index is 0.534. The molecule has 3 unspecified atom stereocenters. The van der Waals surface area contributed by atoms with Crippen molar-refractivity contribution in [3.63, 3.8) is 0 Å². The van der Waals surface area contributed by atoms with Crippen molar-refractivity contribution in [2.24, 2.45) is 5.92 Å². The van der Waals surface area contributed by atoms with Crippen molar-refractivity contribution in [1.82, 2.24) is 4.90 Å². The predicted molar refractivity (Wildman–Crippen MR) is 99.4 cm³/mol. The Morgan fingerprint density at radius 2 is 1.96 bits per heavy atom. The maximum absolute atomic E-state index is 9.01. The molecule has 4 atom stereocenters. The van der Waals surface area contributed by atoms with Crippen molar-refractivity contribution in [1.29, 1.82) is 5.26 Å². The van der Waals surface area contributed by atoms with Crippen molar-refractivity contribution in [2.75, 3.05) is 5.75 Å². The molecule has 0 N–H and O–H groups in total. The highest BCUT2D eigenvalue weighted by Gasteiger charge is 2.55. The standard InChI is InChI=1S/C20H34N2S/c1-2-3-4-5-9-18-11-10-17-8-6-7-13-20(17)14-12-19(22(18)20)15-23-16-21/h17-19H,2-15H2,1H3/t17?,18?,19-,20?/m0/s1. The van der Waals surface area contributed by atoms with Crippen LogP contribution in [0.5, 0.6) is 0 Å². The van der Waals surface area contributed by atoms with Gasteiger partial charge in [0.1, 0.15) is 5.40 Å². The molecule has 1 saturated carbocycles. The second-order valence-electron chi connectivity index (χ2n) is 8.13. The van der Waals surface area contributed by atoms with Crippen LogP contribution in [0.3, 0.4) is 0 Å². The molecule has 0 bridgehead atoms. The number of hydrogen-bond acceptors (Lipinski definition) is 3. The van der Waals surface area contributed by atoms with Crippen LogP contribution in [-0.2, 0) is 0 Å². The van der Waals surface area contributed by atoms with E-state index < -0.39 is 0 Å². The van der Waals surface area contributed by atoms with Gasteiger partial charge in [0, 0.05) is 23.4 Å². The molecule has 2 saturated heterocycles. The number of thioether (sulfide) groups is 1. The predicted octanol–water partition coefficient (Wildman–Crippen LogP) is 5.73. The maximum Gasteiger partial charge on any atom is 0.133 e. The number of nitriles is 1. The van der Waals surface area contributed by atoms with Crippen molar-refractivity contribution in [3.8, 4) is 5.40 Å². The molecule has 3 aliphatic rings. The summed E-state index contributed by atoms with van der Waals surface area (Å²) in [5.41, 5.74) is 0.534. The summed E-state index contributed by atoms with van der Waals surface area (Å²) in [6.45, 7) is 2.30. The van der Waals surface area contributed by atoms with Gasteiger partial charge in [0.15, 0.2) is 0 Å². The largest absolute Gasteiger partial charge is 0.291 e. The van der Waals surface area contributed by atoms with Crippen LogP contribution in [0.15, 0.2) is 0 Å². The van der Waals surface area contributed by atoms with E-state index in [0.29, 0.717) is 11.6 Å². The van der Waals surface area contributed by atoms with Crippen molar-refractivity contribution >= 4 is 11.8 Å². The average molecular weight is 335 g/mol. The molecule has 23 heavy (non-hydrogen) atoms. The summed E-state index contributed by atoms with van der Waals surface area (Å²) in [6, 6.07) is 1.49. The van der Waals surface area contributed by atoms with Gasteiger partial charge in [-0.15, -0.1) is 0 Å². The third-order valence-electron chi connectivity index (χ3n) is 6.96. The van der Waals surface area contributed by atoms with Crippen LogP contribution in [-0.4, -0.2) is 28.3 Å². The highest BCUT2D eigenvalue weighted by atomic mass is 32.2. The first-order valence-corrected chi connectivity index (χ1v) is 11.1. The fourth-order valence-electron chi connectivity index (χ4n) is 6.01. The lowest BCUT2D eigenvalue weighted by atomic mass is 9.66. The molecule has 3 rings (SSSR count). The molecule has 2 nitrogen and oxygen atoms in total. The average Bonchev–Trinajstić information content (AvgIpc) is 2.95. The number of thiocyanates is 1. The first kappa shape index (κ1) is 17.6. The van der Waals surface area contributed by atoms with E-state index in [1.54, 1.807) is 0 Å². The lowest BCUT2D eigenvalue weighted by Gasteiger charge is -2.56. The Morgan fingerprint density at radius 1 is 1.04 bits per heavy atom. The van der Waals surface area contributed by atoms with Gasteiger partial charge in [0.05, 0.1) is 0 Å². The van der Waals surface area contributed by atoms with E-state index >= 15 is 0 Å². The summed E-state index contributed by atoms with van der Waals surface area (Å²) in [6.07, 6.45) is 18.4. The fourth-order valence-corrected chi connectivity index (χ4v) is 6.60. The quantitative estimate of drug-likeness (QED) is 0.439. The van der Waals surface area contributed by atoms with E-state index in [9.17, 15) is 0 Å². The van der Waals surface area contributed by atoms with Crippen LogP contribution in [0.1, 0.15) is 90.4 Å². The second-order valence-corrected chi connectivity index (χ2v) is 8.93. The second kappa shape index (κ2) is 8.26. The summed E-state index contributed by atoms with van der Waals surface area (Å²) >= 11 is 1.50. The molecule has 3 fully saturated rings. The first-order chi connectivity index (χ1) is 11.3. The molecule has 3 heteroatoms. The molecule has 2 heterocycles. The molecule has 2 aliphatic heterocycles. The van der Waals surface area contributed by atoms with Crippen LogP contribution < -0.4 is 0 Å². The van der Waals surface area contributed by atoms with E-state index in [1.807, 2.05) is 0 Å². The Morgan fingerprint density at radius 3 is 2.78 bits per heavy atom. The van der Waals surface area contributed by atoms with Gasteiger partial charge >= 0.3 is 0 Å². The lowest BCUT2D eigenvalue weighted by Crippen LogP contribution is -2.61. The smallest absolute Gasteiger partial charge is 0.133 e. The van der Waals surface area contributed by atoms with Crippen LogP contribution in [0.2, 0.25) is 0 Å². The molecule has 0 amide bonds. The van der Waals surface area contributed by atoms with Crippen LogP contribution >= 0.6 is 11.8 Å². The zero-order valence-electron chi connectivity index (χ0n) is 14.9. The lowest BCUT2D eigenvalue weighted by molar-refractivity contribution is -0.0579. The molecule has 1 aliphatic carbocycles. The van der Waals surface area contributed by atoms with Gasteiger partial charge < -0.3 is 0 Å². The zero-order chi connectivity index (χ0) is 16.1. The van der Waals surface area contributed by atoms with E-state index in [2.05, 4.69) is 17.2 Å². The third-order valence-corrected chi connectivity index (χ3v) is 7.64. The van der Waals surface area contributed by atoms with Crippen molar-refractivity contribution in [2.45, 2.75) is 108 Å². The van der Waals surface area contributed by atoms with Gasteiger partial charge in [-0.2, -0.15) is 5.26 Å². The summed E-state index contributed by atoms with van der Waals surface area (Å²) in [4.78, 5) is 3.00. The van der Waals surface area contributed by atoms with E-state index in [4.69, 9.17) is 5.26 Å². The first-order valence-electron chi connectivity index (χ1n) is 10.1. The van der Waals surface area contributed by atoms with Gasteiger partial charge in [-0.1, -0.05) is 45.4 Å². The van der Waals surface area contributed by atoms with Gasteiger partial charge in [0.2, 0.25) is 0 Å². The van der Waals surface area contributed by atoms with E-state index in [1.165, 1.54) is 95.2 Å². The van der Waals surface area contributed by atoms with Gasteiger partial charge in [-0.25, -0.2) is 0 Å². The van der Waals surface area contributed by atoms with Crippen LogP contribution in [0.25, 0.3) is 0 Å². The third kappa shape index (κ3) is 3.59. The van der Waals surface area contributed by atoms with Crippen molar-refractivity contribution in [3.05, 3.63) is 0 Å². The topological polar surface area (TPSA) is 27.0 Å². The number of piperidine rings is 1. The van der Waals surface area contributed by atoms with Crippen LogP contribution in [0.4, 0.5) is 0 Å². The highest BCUT2D eigenvalue weighted by molar-refractivity contribution is 8.03. The molecule has 0 radical (unpaired) electrons. The highest BCUT2D eigenvalue weighted by Crippen LogP contribution is 2.54. The van der Waals surface area contributed by atoms with E-state index in [0.717, 1.165) is 17.7 Å². The molecule has 0 aromatic carbocycles. The van der Waals surface area contributed by atoms with Gasteiger partial charge in [-0.3, -0.25) is 4.90 Å². The van der Waals surface area contributed by atoms with Gasteiger partial charge in [-0.05, 0) is 62.6 Å². The number of nitrogens with zero attached hydrogens (tertiary/aromatic N) is 2. The Kier molecular flexibility index (Phi) is 6.32. The summed E-state index contributed by atoms with van der Waals surface area (Å²) in [5, 5.41) is 11.3. The normalized spacial score (nSPS) is 37.1. The fraction of sp³-hybridized carbons (Fsp3) is 0.950. The van der Waals surface area contributed by atoms with Crippen LogP contribution in [0, 0.1) is 16.6 Å². The molecular weight excluding hydrogens is 300 g/mol. The van der Waals surface area contributed by atoms with Crippen molar-refractivity contribution < 1.29 is 0 Å². The Labute approximate surface area is 147 Å². The minimum absolute atomic E-state index is 0.534. The Bertz CT molecular complexity index is 418. The monoisotopic (exact) mass is 334 g/mol. The summed E-state index contributed by atoms with van der Waals surface area (Å²) in [5.74, 6) is 2.00. The summed E-state index contributed by atoms with van der Waals surface area (Å²) in [7, 11) is 0. The molecule has 130 valence electrons. The SMILES string of the molecule is CCCCCCC1CCC2CCCCC23CC[C@@H](CSC#N)N13. The Hall–Kier alpha value is -0.200. The molecular formula is C20H34N2S. The molecule has 1 spiro atoms. The summed E-state index contributed by atoms with van der Waals surface area (Å²) < 4.78 is 0. The molecule has 0 aromatic rings.